The number of rotatable bonds is 6. The Balaban J connectivity index is 1.53. The molecule has 0 saturated heterocycles. The van der Waals surface area contributed by atoms with Crippen LogP contribution in [0.4, 0.5) is 0 Å². The van der Waals surface area contributed by atoms with Gasteiger partial charge >= 0.3 is 0 Å². The number of amides is 1. The second-order valence-electron chi connectivity index (χ2n) is 6.05. The molecule has 1 amide bonds. The van der Waals surface area contributed by atoms with Crippen LogP contribution in [0.1, 0.15) is 30.5 Å². The van der Waals surface area contributed by atoms with Gasteiger partial charge in [-0.25, -0.2) is 0 Å². The van der Waals surface area contributed by atoms with Crippen molar-refractivity contribution in [3.05, 3.63) is 53.9 Å². The van der Waals surface area contributed by atoms with Gasteiger partial charge in [-0.2, -0.15) is 5.10 Å². The van der Waals surface area contributed by atoms with E-state index in [4.69, 9.17) is 0 Å². The quantitative estimate of drug-likeness (QED) is 0.855. The molecule has 4 nitrogen and oxygen atoms in total. The van der Waals surface area contributed by atoms with Crippen molar-refractivity contribution in [3.8, 4) is 0 Å². The predicted molar refractivity (Wildman–Crippen MR) is 81.7 cm³/mol. The molecule has 0 bridgehead atoms. The normalized spacial score (nSPS) is 16.2. The Hall–Kier alpha value is -2.10. The first kappa shape index (κ1) is 13.9. The Kier molecular flexibility index (Phi) is 4.04. The van der Waals surface area contributed by atoms with E-state index in [0.29, 0.717) is 6.42 Å². The molecule has 1 fully saturated rings. The summed E-state index contributed by atoms with van der Waals surface area (Å²) >= 11 is 0. The molecule has 1 aromatic heterocycles. The molecule has 4 heteroatoms. The molecule has 0 aliphatic heterocycles. The van der Waals surface area contributed by atoms with Gasteiger partial charge in [-0.05, 0) is 36.3 Å². The first-order chi connectivity index (χ1) is 10.3. The molecular weight excluding hydrogens is 262 g/mol. The van der Waals surface area contributed by atoms with Gasteiger partial charge in [0.15, 0.2) is 0 Å². The van der Waals surface area contributed by atoms with Gasteiger partial charge in [0.05, 0.1) is 6.42 Å². The van der Waals surface area contributed by atoms with Crippen molar-refractivity contribution in [1.29, 1.82) is 0 Å². The molecule has 1 aliphatic carbocycles. The number of nitrogens with one attached hydrogen (secondary N) is 2. The Morgan fingerprint density at radius 2 is 2.05 bits per heavy atom. The number of aromatic nitrogens is 2. The van der Waals surface area contributed by atoms with Crippen LogP contribution >= 0.6 is 0 Å². The Morgan fingerprint density at radius 3 is 2.67 bits per heavy atom. The van der Waals surface area contributed by atoms with Crippen molar-refractivity contribution in [1.82, 2.24) is 15.5 Å². The molecule has 0 radical (unpaired) electrons. The largest absolute Gasteiger partial charge is 0.355 e. The summed E-state index contributed by atoms with van der Waals surface area (Å²) in [6.07, 6.45) is 6.77. The van der Waals surface area contributed by atoms with Gasteiger partial charge in [0.25, 0.3) is 0 Å². The number of benzene rings is 1. The predicted octanol–water partition coefficient (Wildman–Crippen LogP) is 2.48. The third-order valence-corrected chi connectivity index (χ3v) is 4.41. The maximum Gasteiger partial charge on any atom is 0.226 e. The molecule has 1 aromatic carbocycles. The molecule has 0 atom stereocenters. The summed E-state index contributed by atoms with van der Waals surface area (Å²) in [5.41, 5.74) is 2.48. The van der Waals surface area contributed by atoms with Crippen LogP contribution in [0.15, 0.2) is 42.6 Å². The van der Waals surface area contributed by atoms with Crippen LogP contribution in [0.2, 0.25) is 0 Å². The van der Waals surface area contributed by atoms with Crippen LogP contribution in [0, 0.1) is 5.41 Å². The molecule has 1 aliphatic rings. The van der Waals surface area contributed by atoms with Gasteiger partial charge in [0.2, 0.25) is 5.91 Å². The van der Waals surface area contributed by atoms with E-state index in [2.05, 4.69) is 39.8 Å². The fourth-order valence-corrected chi connectivity index (χ4v) is 3.03. The van der Waals surface area contributed by atoms with Crippen molar-refractivity contribution in [2.24, 2.45) is 5.41 Å². The van der Waals surface area contributed by atoms with Crippen molar-refractivity contribution >= 4 is 5.91 Å². The number of carbonyl (C=O) groups excluding carboxylic acids is 1. The van der Waals surface area contributed by atoms with Crippen LogP contribution in [0.3, 0.4) is 0 Å². The number of aromatic amines is 1. The van der Waals surface area contributed by atoms with Crippen molar-refractivity contribution in [3.63, 3.8) is 0 Å². The molecule has 2 aromatic rings. The van der Waals surface area contributed by atoms with E-state index in [-0.39, 0.29) is 11.3 Å². The maximum atomic E-state index is 12.0. The van der Waals surface area contributed by atoms with Crippen LogP contribution in [-0.2, 0) is 17.6 Å². The molecule has 1 saturated carbocycles. The zero-order valence-corrected chi connectivity index (χ0v) is 12.1. The summed E-state index contributed by atoms with van der Waals surface area (Å²) < 4.78 is 0. The molecule has 110 valence electrons. The molecule has 2 N–H and O–H groups in total. The molecular formula is C17H21N3O. The number of nitrogens with zero attached hydrogens (tertiary/aromatic N) is 1. The summed E-state index contributed by atoms with van der Waals surface area (Å²) in [5, 5.41) is 9.78. The fourth-order valence-electron chi connectivity index (χ4n) is 3.03. The average molecular weight is 283 g/mol. The summed E-state index contributed by atoms with van der Waals surface area (Å²) in [5.74, 6) is 0.0681. The van der Waals surface area contributed by atoms with Crippen LogP contribution < -0.4 is 5.32 Å². The molecule has 3 rings (SSSR count). The van der Waals surface area contributed by atoms with Crippen LogP contribution in [0.25, 0.3) is 0 Å². The molecule has 21 heavy (non-hydrogen) atoms. The van der Waals surface area contributed by atoms with Crippen LogP contribution in [0.5, 0.6) is 0 Å². The van der Waals surface area contributed by atoms with Crippen molar-refractivity contribution in [2.75, 3.05) is 6.54 Å². The first-order valence-electron chi connectivity index (χ1n) is 7.55. The number of carbonyl (C=O) groups is 1. The van der Waals surface area contributed by atoms with E-state index in [1.54, 1.807) is 6.20 Å². The van der Waals surface area contributed by atoms with Gasteiger partial charge in [-0.1, -0.05) is 36.8 Å². The van der Waals surface area contributed by atoms with Gasteiger partial charge in [-0.15, -0.1) is 0 Å². The summed E-state index contributed by atoms with van der Waals surface area (Å²) in [6, 6.07) is 12.4. The summed E-state index contributed by atoms with van der Waals surface area (Å²) in [7, 11) is 0. The van der Waals surface area contributed by atoms with Gasteiger partial charge < -0.3 is 5.32 Å². The zero-order chi connectivity index (χ0) is 14.5. The van der Waals surface area contributed by atoms with E-state index in [9.17, 15) is 4.79 Å². The minimum atomic E-state index is 0.0681. The van der Waals surface area contributed by atoms with E-state index >= 15 is 0 Å². The second kappa shape index (κ2) is 6.12. The lowest BCUT2D eigenvalue weighted by atomic mass is 9.65. The van der Waals surface area contributed by atoms with E-state index in [1.165, 1.54) is 24.8 Å². The Labute approximate surface area is 125 Å². The van der Waals surface area contributed by atoms with Crippen LogP contribution in [-0.4, -0.2) is 22.6 Å². The zero-order valence-electron chi connectivity index (χ0n) is 12.1. The third kappa shape index (κ3) is 3.51. The summed E-state index contributed by atoms with van der Waals surface area (Å²) in [4.78, 5) is 12.0. The minimum Gasteiger partial charge on any atom is -0.355 e. The maximum absolute atomic E-state index is 12.0. The molecule has 0 spiro atoms. The first-order valence-corrected chi connectivity index (χ1v) is 7.55. The number of hydrogen-bond donors (Lipinski definition) is 2. The second-order valence-corrected chi connectivity index (χ2v) is 6.05. The standard InChI is InChI=1S/C17H21N3O/c21-16(11-15-7-10-19-20-15)18-13-17(8-4-9-17)12-14-5-2-1-3-6-14/h1-3,5-7,10H,4,8-9,11-13H2,(H,18,21)(H,19,20). The third-order valence-electron chi connectivity index (χ3n) is 4.41. The molecule has 0 unspecified atom stereocenters. The summed E-state index contributed by atoms with van der Waals surface area (Å²) in [6.45, 7) is 0.773. The highest BCUT2D eigenvalue weighted by Crippen LogP contribution is 2.43. The van der Waals surface area contributed by atoms with E-state index in [1.807, 2.05) is 12.1 Å². The average Bonchev–Trinajstić information content (AvgIpc) is 2.95. The topological polar surface area (TPSA) is 57.8 Å². The van der Waals surface area contributed by atoms with Crippen molar-refractivity contribution < 1.29 is 4.79 Å². The SMILES string of the molecule is O=C(Cc1ccn[nH]1)NCC1(Cc2ccccc2)CCC1. The highest BCUT2D eigenvalue weighted by Gasteiger charge is 2.37. The van der Waals surface area contributed by atoms with Gasteiger partial charge in [0, 0.05) is 18.4 Å². The van der Waals surface area contributed by atoms with Gasteiger partial charge in [-0.3, -0.25) is 9.89 Å². The van der Waals surface area contributed by atoms with E-state index in [0.717, 1.165) is 18.7 Å². The lowest BCUT2D eigenvalue weighted by molar-refractivity contribution is -0.121. The molecule has 1 heterocycles. The Bertz CT molecular complexity index is 573. The van der Waals surface area contributed by atoms with E-state index < -0.39 is 0 Å². The highest BCUT2D eigenvalue weighted by atomic mass is 16.1. The van der Waals surface area contributed by atoms with Gasteiger partial charge in [0.1, 0.15) is 0 Å². The monoisotopic (exact) mass is 283 g/mol. The lowest BCUT2D eigenvalue weighted by Crippen LogP contribution is -2.44. The van der Waals surface area contributed by atoms with Crippen molar-refractivity contribution in [2.45, 2.75) is 32.1 Å². The Morgan fingerprint density at radius 1 is 1.24 bits per heavy atom. The smallest absolute Gasteiger partial charge is 0.226 e. The fraction of sp³-hybridized carbons (Fsp3) is 0.412. The minimum absolute atomic E-state index is 0.0681. The highest BCUT2D eigenvalue weighted by molar-refractivity contribution is 5.78. The number of hydrogen-bond acceptors (Lipinski definition) is 2. The number of H-pyrrole nitrogens is 1. The lowest BCUT2D eigenvalue weighted by Gasteiger charge is -2.42.